The van der Waals surface area contributed by atoms with Crippen LogP contribution in [0.2, 0.25) is 0 Å². The number of unbranched alkanes of at least 4 members (excludes halogenated alkanes) is 52. The second-order valence-corrected chi connectivity index (χ2v) is 27.1. The van der Waals surface area contributed by atoms with Crippen LogP contribution in [0.5, 0.6) is 0 Å². The number of aliphatic imine (C=N–C) groups is 2. The van der Waals surface area contributed by atoms with Crippen LogP contribution in [0.4, 0.5) is 11.4 Å². The molecule has 2 nitrogen and oxygen atoms in total. The van der Waals surface area contributed by atoms with Gasteiger partial charge in [-0.05, 0) is 113 Å². The van der Waals surface area contributed by atoms with Crippen molar-refractivity contribution < 1.29 is 0 Å². The molecule has 86 heavy (non-hydrogen) atoms. The largest absolute Gasteiger partial charge is 0.251 e. The minimum atomic E-state index is 0.992. The molecule has 0 N–H and O–H groups in total. The Morgan fingerprint density at radius 1 is 0.233 bits per heavy atom. The number of hydrogen-bond acceptors (Lipinski definition) is 2. The summed E-state index contributed by atoms with van der Waals surface area (Å²) in [7, 11) is 0. The Hall–Kier alpha value is -2.74. The van der Waals surface area contributed by atoms with Crippen LogP contribution >= 0.6 is 0 Å². The maximum atomic E-state index is 5.58. The van der Waals surface area contributed by atoms with Gasteiger partial charge in [-0.3, -0.25) is 9.98 Å². The average Bonchev–Trinajstić information content (AvgIpc) is 3.73. The van der Waals surface area contributed by atoms with Gasteiger partial charge in [-0.1, -0.05) is 397 Å². The summed E-state index contributed by atoms with van der Waals surface area (Å²) >= 11 is 0. The van der Waals surface area contributed by atoms with Gasteiger partial charge in [0.15, 0.2) is 0 Å². The van der Waals surface area contributed by atoms with Gasteiger partial charge in [0.05, 0.1) is 22.8 Å². The van der Waals surface area contributed by atoms with E-state index in [2.05, 4.69) is 101 Å². The summed E-state index contributed by atoms with van der Waals surface area (Å²) in [6.45, 7) is 9.25. The lowest BCUT2D eigenvalue weighted by Gasteiger charge is -2.14. The molecule has 2 aromatic carbocycles. The number of allylic oxidation sites excluding steroid dienone is 4. The molecule has 0 radical (unpaired) electrons. The van der Waals surface area contributed by atoms with E-state index in [4.69, 9.17) is 9.98 Å². The summed E-state index contributed by atoms with van der Waals surface area (Å²) < 4.78 is 0. The molecule has 0 saturated carbocycles. The summed E-state index contributed by atoms with van der Waals surface area (Å²) in [5, 5.41) is 0. The number of rotatable bonds is 67. The second kappa shape index (κ2) is 65.2. The molecule has 0 amide bonds. The molecule has 0 aliphatic carbocycles. The van der Waals surface area contributed by atoms with Gasteiger partial charge in [-0.15, -0.1) is 0 Å². The maximum Gasteiger partial charge on any atom is 0.0665 e. The topological polar surface area (TPSA) is 24.7 Å². The highest BCUT2D eigenvalue weighted by molar-refractivity contribution is 6.43. The zero-order valence-electron chi connectivity index (χ0n) is 58.7. The van der Waals surface area contributed by atoms with Crippen LogP contribution in [0.3, 0.4) is 0 Å². The molecular formula is C84H148N2. The minimum Gasteiger partial charge on any atom is -0.251 e. The minimum absolute atomic E-state index is 0.992. The fourth-order valence-corrected chi connectivity index (χ4v) is 12.9. The van der Waals surface area contributed by atoms with Gasteiger partial charge in [-0.25, -0.2) is 0 Å². The standard InChI is InChI=1S/C84H148N2/c1-5-9-13-16-18-20-22-24-26-28-30-32-34-36-38-40-42-44-46-48-50-52-54-56-58-60-62-64-71-79-73-67-69-76-81(79)85-83(75-12-8-4)84(78-66-15-11-7-3)86-82-77-70-68-74-80(82)72-65-63-61-59-57-55-53-51-49-47-45-43-41-39-37-35-33-31-29-27-25-23-21-19-17-14-10-6-2/h58-61,67-70,73-74,76-77H,5-57,62-66,71-72,75,78H2,1-4H3. The highest BCUT2D eigenvalue weighted by Crippen LogP contribution is 2.27. The third-order valence-corrected chi connectivity index (χ3v) is 18.8. The highest BCUT2D eigenvalue weighted by atomic mass is 14.8. The van der Waals surface area contributed by atoms with Gasteiger partial charge in [-0.2, -0.15) is 0 Å². The van der Waals surface area contributed by atoms with E-state index >= 15 is 0 Å². The third kappa shape index (κ3) is 51.1. The number of hydrogen-bond donors (Lipinski definition) is 0. The monoisotopic (exact) mass is 1190 g/mol. The van der Waals surface area contributed by atoms with Gasteiger partial charge < -0.3 is 0 Å². The molecule has 2 rings (SSSR count). The first-order valence-corrected chi connectivity index (χ1v) is 39.3. The smallest absolute Gasteiger partial charge is 0.0665 e. The molecule has 0 spiro atoms. The van der Waals surface area contributed by atoms with Crippen molar-refractivity contribution in [2.75, 3.05) is 0 Å². The molecule has 0 saturated heterocycles. The average molecular weight is 1190 g/mol. The Bertz CT molecular complexity index is 1810. The Morgan fingerprint density at radius 2 is 0.442 bits per heavy atom. The van der Waals surface area contributed by atoms with E-state index in [0.717, 1.165) is 56.3 Å². The Balaban J connectivity index is 1.65. The van der Waals surface area contributed by atoms with Crippen LogP contribution in [-0.2, 0) is 12.8 Å². The predicted octanol–water partition coefficient (Wildman–Crippen LogP) is 30.2. The van der Waals surface area contributed by atoms with Crippen LogP contribution in [0, 0.1) is 0 Å². The highest BCUT2D eigenvalue weighted by Gasteiger charge is 2.14. The third-order valence-electron chi connectivity index (χ3n) is 18.8. The van der Waals surface area contributed by atoms with Crippen molar-refractivity contribution in [2.24, 2.45) is 9.98 Å². The van der Waals surface area contributed by atoms with E-state index in [9.17, 15) is 0 Å². The van der Waals surface area contributed by atoms with E-state index in [1.54, 1.807) is 0 Å². The van der Waals surface area contributed by atoms with Crippen molar-refractivity contribution >= 4 is 22.8 Å². The van der Waals surface area contributed by atoms with Crippen LogP contribution < -0.4 is 0 Å². The maximum absolute atomic E-state index is 5.58. The first kappa shape index (κ1) is 79.4. The zero-order chi connectivity index (χ0) is 61.2. The summed E-state index contributed by atoms with van der Waals surface area (Å²) in [6, 6.07) is 18.0. The van der Waals surface area contributed by atoms with E-state index < -0.39 is 0 Å². The molecular weight excluding hydrogens is 1040 g/mol. The molecule has 494 valence electrons. The predicted molar refractivity (Wildman–Crippen MR) is 392 cm³/mol. The number of benzene rings is 2. The van der Waals surface area contributed by atoms with Crippen LogP contribution in [0.1, 0.15) is 424 Å². The van der Waals surface area contributed by atoms with Crippen molar-refractivity contribution in [1.82, 2.24) is 0 Å². The summed E-state index contributed by atoms with van der Waals surface area (Å²) in [4.78, 5) is 11.1. The van der Waals surface area contributed by atoms with Crippen LogP contribution in [-0.4, -0.2) is 11.4 Å². The summed E-state index contributed by atoms with van der Waals surface area (Å²) in [5.74, 6) is 0. The number of para-hydroxylation sites is 2. The zero-order valence-corrected chi connectivity index (χ0v) is 58.7. The molecule has 0 fully saturated rings. The number of aryl methyl sites for hydroxylation is 2. The van der Waals surface area contributed by atoms with Crippen molar-refractivity contribution in [2.45, 2.75) is 426 Å². The quantitative estimate of drug-likeness (QED) is 0.0358. The lowest BCUT2D eigenvalue weighted by atomic mass is 10.0. The normalized spacial score (nSPS) is 12.3. The Morgan fingerprint density at radius 3 is 0.709 bits per heavy atom. The van der Waals surface area contributed by atoms with Crippen molar-refractivity contribution in [3.05, 3.63) is 84.0 Å². The summed E-state index contributed by atoms with van der Waals surface area (Å²) in [6.07, 6.45) is 95.1. The molecule has 0 bridgehead atoms. The molecule has 2 heteroatoms. The van der Waals surface area contributed by atoms with Crippen LogP contribution in [0.15, 0.2) is 82.8 Å². The molecule has 0 heterocycles. The molecule has 0 unspecified atom stereocenters. The van der Waals surface area contributed by atoms with Gasteiger partial charge in [0.1, 0.15) is 0 Å². The molecule has 0 aliphatic rings. The van der Waals surface area contributed by atoms with Crippen molar-refractivity contribution in [1.29, 1.82) is 0 Å². The lowest BCUT2D eigenvalue weighted by Crippen LogP contribution is -2.15. The van der Waals surface area contributed by atoms with Gasteiger partial charge in [0.2, 0.25) is 0 Å². The summed E-state index contributed by atoms with van der Waals surface area (Å²) in [5.41, 5.74) is 7.53. The van der Waals surface area contributed by atoms with E-state index in [1.165, 1.54) is 376 Å². The molecule has 0 atom stereocenters. The van der Waals surface area contributed by atoms with Gasteiger partial charge in [0, 0.05) is 0 Å². The van der Waals surface area contributed by atoms with Crippen molar-refractivity contribution in [3.8, 4) is 0 Å². The molecule has 0 aromatic heterocycles. The Labute approximate surface area is 539 Å². The van der Waals surface area contributed by atoms with E-state index in [0.29, 0.717) is 0 Å². The fourth-order valence-electron chi connectivity index (χ4n) is 12.9. The molecule has 0 aliphatic heterocycles. The van der Waals surface area contributed by atoms with E-state index in [1.807, 2.05) is 0 Å². The fraction of sp³-hybridized carbons (Fsp3) is 0.786. The SMILES string of the molecule is CCCCCCCCCCCCCCCCCCCCCCCCCC=CCCCc1ccccc1N=C(CCCC)C(CCCCCC)=Nc1ccccc1CCCC=CCCCCCCCCCCCCCCCCCCCCCCCCC. The van der Waals surface area contributed by atoms with Gasteiger partial charge in [0.25, 0.3) is 0 Å². The Kier molecular flexibility index (Phi) is 60.2. The number of nitrogens with zero attached hydrogens (tertiary/aromatic N) is 2. The van der Waals surface area contributed by atoms with E-state index in [-0.39, 0.29) is 0 Å². The van der Waals surface area contributed by atoms with Crippen LogP contribution in [0.25, 0.3) is 0 Å². The van der Waals surface area contributed by atoms with Gasteiger partial charge >= 0.3 is 0 Å². The first-order chi connectivity index (χ1) is 42.7. The lowest BCUT2D eigenvalue weighted by molar-refractivity contribution is 0.518. The molecule has 2 aromatic rings. The first-order valence-electron chi connectivity index (χ1n) is 39.3. The second-order valence-electron chi connectivity index (χ2n) is 27.1. The van der Waals surface area contributed by atoms with Crippen molar-refractivity contribution in [3.63, 3.8) is 0 Å².